The van der Waals surface area contributed by atoms with E-state index < -0.39 is 29.7 Å². The lowest BCUT2D eigenvalue weighted by molar-refractivity contribution is -0.125. The van der Waals surface area contributed by atoms with Gasteiger partial charge in [0.2, 0.25) is 11.8 Å². The number of aromatic amines is 1. The first-order chi connectivity index (χ1) is 16.1. The van der Waals surface area contributed by atoms with Crippen molar-refractivity contribution in [1.82, 2.24) is 20.9 Å². The Morgan fingerprint density at radius 3 is 2.65 bits per heavy atom. The molecule has 34 heavy (non-hydrogen) atoms. The lowest BCUT2D eigenvalue weighted by Gasteiger charge is -2.21. The van der Waals surface area contributed by atoms with Gasteiger partial charge in [-0.05, 0) is 51.2 Å². The Hall–Kier alpha value is -3.12. The molecule has 4 rings (SSSR count). The number of nitriles is 1. The van der Waals surface area contributed by atoms with E-state index in [0.29, 0.717) is 24.1 Å². The number of nitrogens with one attached hydrogen (secondary N) is 4. The van der Waals surface area contributed by atoms with Crippen LogP contribution in [0.5, 0.6) is 0 Å². The Morgan fingerprint density at radius 2 is 2.03 bits per heavy atom. The summed E-state index contributed by atoms with van der Waals surface area (Å²) in [5.74, 6) is -1.87. The van der Waals surface area contributed by atoms with Crippen molar-refractivity contribution in [3.05, 3.63) is 34.7 Å². The quantitative estimate of drug-likeness (QED) is 0.456. The van der Waals surface area contributed by atoms with Crippen LogP contribution in [0, 0.1) is 29.0 Å². The molecule has 1 saturated carbocycles. The fraction of sp³-hybridized carbons (Fsp3) is 0.500. The summed E-state index contributed by atoms with van der Waals surface area (Å²) in [6, 6.07) is 4.84. The van der Waals surface area contributed by atoms with Gasteiger partial charge >= 0.3 is 0 Å². The molecule has 2 fully saturated rings. The van der Waals surface area contributed by atoms with Crippen molar-refractivity contribution < 1.29 is 18.8 Å². The smallest absolute Gasteiger partial charge is 0.268 e. The molecule has 2 unspecified atom stereocenters. The first-order valence-corrected chi connectivity index (χ1v) is 11.7. The topological polar surface area (TPSA) is 127 Å². The molecule has 1 saturated heterocycles. The number of amides is 3. The van der Waals surface area contributed by atoms with Gasteiger partial charge in [-0.2, -0.15) is 5.26 Å². The number of hydrogen-bond donors (Lipinski definition) is 4. The fourth-order valence-corrected chi connectivity index (χ4v) is 4.66. The molecule has 180 valence electrons. The number of nitrogens with zero attached hydrogens (tertiary/aromatic N) is 1. The molecular formula is C24H27ClFN5O3. The van der Waals surface area contributed by atoms with Gasteiger partial charge in [0.1, 0.15) is 17.8 Å². The Bertz CT molecular complexity index is 1180. The summed E-state index contributed by atoms with van der Waals surface area (Å²) in [6.07, 6.45) is 3.14. The third kappa shape index (κ3) is 5.33. The minimum absolute atomic E-state index is 0.0610. The van der Waals surface area contributed by atoms with Crippen LogP contribution < -0.4 is 16.0 Å². The summed E-state index contributed by atoms with van der Waals surface area (Å²) in [5.41, 5.74) is -0.132. The maximum atomic E-state index is 14.3. The van der Waals surface area contributed by atoms with Gasteiger partial charge in [-0.1, -0.05) is 30.5 Å². The number of hydrogen-bond acceptors (Lipinski definition) is 4. The number of carbonyl (C=O) groups is 3. The van der Waals surface area contributed by atoms with Gasteiger partial charge in [-0.15, -0.1) is 0 Å². The molecule has 8 nitrogen and oxygen atoms in total. The molecule has 4 N–H and O–H groups in total. The molecule has 1 aromatic heterocycles. The van der Waals surface area contributed by atoms with Crippen LogP contribution in [-0.2, 0) is 9.59 Å². The molecule has 1 aliphatic carbocycles. The number of aromatic nitrogens is 1. The van der Waals surface area contributed by atoms with Crippen molar-refractivity contribution in [2.45, 2.75) is 63.6 Å². The molecule has 2 heterocycles. The average molecular weight is 488 g/mol. The molecule has 2 aromatic rings. The Balaban J connectivity index is 1.44. The van der Waals surface area contributed by atoms with Gasteiger partial charge in [0, 0.05) is 16.8 Å². The molecule has 3 atom stereocenters. The molecule has 10 heteroatoms. The van der Waals surface area contributed by atoms with Gasteiger partial charge in [0.05, 0.1) is 16.6 Å². The normalized spacial score (nSPS) is 20.9. The van der Waals surface area contributed by atoms with Gasteiger partial charge in [0.25, 0.3) is 5.91 Å². The maximum absolute atomic E-state index is 14.3. The van der Waals surface area contributed by atoms with Gasteiger partial charge < -0.3 is 20.9 Å². The second-order valence-electron chi connectivity index (χ2n) is 9.91. The highest BCUT2D eigenvalue weighted by atomic mass is 35.5. The zero-order chi connectivity index (χ0) is 24.6. The van der Waals surface area contributed by atoms with Crippen molar-refractivity contribution >= 4 is 40.2 Å². The average Bonchev–Trinajstić information content (AvgIpc) is 3.41. The van der Waals surface area contributed by atoms with E-state index in [-0.39, 0.29) is 40.0 Å². The van der Waals surface area contributed by atoms with Crippen molar-refractivity contribution in [2.24, 2.45) is 11.8 Å². The number of carbonyl (C=O) groups excluding carboxylic acids is 3. The predicted molar refractivity (Wildman–Crippen MR) is 124 cm³/mol. The van der Waals surface area contributed by atoms with E-state index in [2.05, 4.69) is 27.0 Å². The highest BCUT2D eigenvalue weighted by Gasteiger charge is 2.39. The summed E-state index contributed by atoms with van der Waals surface area (Å²) in [4.78, 5) is 40.8. The molecular weight excluding hydrogens is 461 g/mol. The summed E-state index contributed by atoms with van der Waals surface area (Å²) in [6.45, 7) is 3.83. The molecule has 2 aliphatic rings. The van der Waals surface area contributed by atoms with Gasteiger partial charge in [-0.3, -0.25) is 14.4 Å². The lowest BCUT2D eigenvalue weighted by atomic mass is 9.92. The van der Waals surface area contributed by atoms with Crippen LogP contribution in [0.1, 0.15) is 56.4 Å². The summed E-state index contributed by atoms with van der Waals surface area (Å²) >= 11 is 5.81. The zero-order valence-electron chi connectivity index (χ0n) is 19.0. The monoisotopic (exact) mass is 487 g/mol. The van der Waals surface area contributed by atoms with Crippen LogP contribution in [0.15, 0.2) is 18.2 Å². The largest absolute Gasteiger partial charge is 0.351 e. The number of H-pyrrole nitrogens is 1. The molecule has 0 spiro atoms. The van der Waals surface area contributed by atoms with E-state index in [9.17, 15) is 24.0 Å². The van der Waals surface area contributed by atoms with Crippen LogP contribution in [0.4, 0.5) is 4.39 Å². The van der Waals surface area contributed by atoms with Gasteiger partial charge in [-0.25, -0.2) is 4.39 Å². The van der Waals surface area contributed by atoms with E-state index in [1.807, 2.05) is 13.8 Å². The van der Waals surface area contributed by atoms with E-state index in [0.717, 1.165) is 12.8 Å². The Kier molecular flexibility index (Phi) is 6.54. The SMILES string of the molecule is CC1(C)CC(C[C@@H](C#N)NC(=O)C(CC2CC2)NC(=O)c2cc3ccc(Cl)c(F)c3[nH]2)C(=O)N1. The van der Waals surface area contributed by atoms with Crippen LogP contribution in [0.2, 0.25) is 5.02 Å². The number of rotatable bonds is 8. The molecule has 0 radical (unpaired) electrons. The van der Waals surface area contributed by atoms with E-state index in [4.69, 9.17) is 11.6 Å². The van der Waals surface area contributed by atoms with Crippen LogP contribution in [-0.4, -0.2) is 40.3 Å². The minimum Gasteiger partial charge on any atom is -0.351 e. The third-order valence-corrected chi connectivity index (χ3v) is 6.69. The van der Waals surface area contributed by atoms with E-state index in [1.54, 1.807) is 6.07 Å². The standard InChI is InChI=1S/C24H27ClFN5O3/c1-24(2)10-14(21(32)31-24)8-15(11-27)28-22(33)17(7-12-3-4-12)30-23(34)18-9-13-5-6-16(25)19(26)20(13)29-18/h5-6,9,12,14-15,17,29H,3-4,7-8,10H2,1-2H3,(H,28,33)(H,30,34)(H,31,32)/t14?,15-,17?/m0/s1. The highest BCUT2D eigenvalue weighted by Crippen LogP contribution is 2.34. The maximum Gasteiger partial charge on any atom is 0.268 e. The lowest BCUT2D eigenvalue weighted by Crippen LogP contribution is -2.50. The van der Waals surface area contributed by atoms with Gasteiger partial charge in [0.15, 0.2) is 5.82 Å². The van der Waals surface area contributed by atoms with Crippen molar-refractivity contribution in [3.8, 4) is 6.07 Å². The Morgan fingerprint density at radius 1 is 1.29 bits per heavy atom. The Labute approximate surface area is 201 Å². The summed E-state index contributed by atoms with van der Waals surface area (Å²) in [7, 11) is 0. The molecule has 1 aliphatic heterocycles. The first kappa shape index (κ1) is 24.0. The summed E-state index contributed by atoms with van der Waals surface area (Å²) < 4.78 is 14.3. The number of halogens is 2. The number of fused-ring (bicyclic) bond motifs is 1. The number of benzene rings is 1. The minimum atomic E-state index is -0.861. The fourth-order valence-electron chi connectivity index (χ4n) is 4.50. The van der Waals surface area contributed by atoms with Crippen molar-refractivity contribution in [3.63, 3.8) is 0 Å². The molecule has 0 bridgehead atoms. The second kappa shape index (κ2) is 9.26. The van der Waals surface area contributed by atoms with E-state index >= 15 is 0 Å². The third-order valence-electron chi connectivity index (χ3n) is 6.40. The van der Waals surface area contributed by atoms with Crippen LogP contribution in [0.25, 0.3) is 10.9 Å². The highest BCUT2D eigenvalue weighted by molar-refractivity contribution is 6.31. The zero-order valence-corrected chi connectivity index (χ0v) is 19.8. The van der Waals surface area contributed by atoms with E-state index in [1.165, 1.54) is 12.1 Å². The molecule has 1 aromatic carbocycles. The first-order valence-electron chi connectivity index (χ1n) is 11.4. The van der Waals surface area contributed by atoms with Crippen LogP contribution in [0.3, 0.4) is 0 Å². The van der Waals surface area contributed by atoms with Crippen LogP contribution >= 0.6 is 11.6 Å². The summed E-state index contributed by atoms with van der Waals surface area (Å²) in [5, 5.41) is 18.3. The second-order valence-corrected chi connectivity index (χ2v) is 10.3. The van der Waals surface area contributed by atoms with Crippen molar-refractivity contribution in [2.75, 3.05) is 0 Å². The molecule has 3 amide bonds. The predicted octanol–water partition coefficient (Wildman–Crippen LogP) is 3.17. The van der Waals surface area contributed by atoms with Crippen molar-refractivity contribution in [1.29, 1.82) is 5.26 Å².